The number of carbonyl (C=O) groups excluding carboxylic acids is 2. The Kier molecular flexibility index (Phi) is 4.96. The van der Waals surface area contributed by atoms with E-state index in [0.29, 0.717) is 10.0 Å². The molecule has 0 heterocycles. The van der Waals surface area contributed by atoms with Crippen LogP contribution in [-0.4, -0.2) is 11.8 Å². The highest BCUT2D eigenvalue weighted by molar-refractivity contribution is 9.10. The van der Waals surface area contributed by atoms with E-state index >= 15 is 0 Å². The highest BCUT2D eigenvalue weighted by Gasteiger charge is 2.21. The van der Waals surface area contributed by atoms with Crippen molar-refractivity contribution in [2.75, 3.05) is 0 Å². The summed E-state index contributed by atoms with van der Waals surface area (Å²) in [5, 5.41) is 0. The first kappa shape index (κ1) is 14.1. The van der Waals surface area contributed by atoms with Gasteiger partial charge in [-0.25, -0.2) is 0 Å². The number of nitrogens with one attached hydrogen (secondary N) is 2. The summed E-state index contributed by atoms with van der Waals surface area (Å²) in [6.45, 7) is 0. The molecule has 1 aromatic carbocycles. The van der Waals surface area contributed by atoms with Crippen LogP contribution in [-0.2, 0) is 4.79 Å². The SMILES string of the molecule is O=C(NNC(=O)C1CCCCC1)c1ccccc1Br. The molecule has 1 aromatic rings. The number of carbonyl (C=O) groups is 2. The number of halogens is 1. The summed E-state index contributed by atoms with van der Waals surface area (Å²) < 4.78 is 0.708. The van der Waals surface area contributed by atoms with E-state index in [1.165, 1.54) is 6.42 Å². The Labute approximate surface area is 121 Å². The zero-order chi connectivity index (χ0) is 13.7. The predicted octanol–water partition coefficient (Wildman–Crippen LogP) is 2.79. The van der Waals surface area contributed by atoms with Crippen LogP contribution < -0.4 is 10.9 Å². The Balaban J connectivity index is 1.86. The lowest BCUT2D eigenvalue weighted by Gasteiger charge is -2.20. The van der Waals surface area contributed by atoms with Crippen molar-refractivity contribution in [3.05, 3.63) is 34.3 Å². The highest BCUT2D eigenvalue weighted by Crippen LogP contribution is 2.23. The van der Waals surface area contributed by atoms with Crippen molar-refractivity contribution in [3.8, 4) is 0 Å². The molecular weight excluding hydrogens is 308 g/mol. The third-order valence-corrected chi connectivity index (χ3v) is 4.09. The minimum atomic E-state index is -0.309. The Bertz CT molecular complexity index is 470. The van der Waals surface area contributed by atoms with Crippen LogP contribution in [0.15, 0.2) is 28.7 Å². The number of hydrogen-bond acceptors (Lipinski definition) is 2. The molecule has 0 atom stereocenters. The van der Waals surface area contributed by atoms with E-state index in [-0.39, 0.29) is 17.7 Å². The lowest BCUT2D eigenvalue weighted by molar-refractivity contribution is -0.126. The van der Waals surface area contributed by atoms with Crippen molar-refractivity contribution in [2.45, 2.75) is 32.1 Å². The fraction of sp³-hybridized carbons (Fsp3) is 0.429. The molecule has 1 saturated carbocycles. The molecule has 0 radical (unpaired) electrons. The van der Waals surface area contributed by atoms with Crippen LogP contribution in [0.5, 0.6) is 0 Å². The summed E-state index contributed by atoms with van der Waals surface area (Å²) in [6, 6.07) is 7.11. The van der Waals surface area contributed by atoms with E-state index in [1.807, 2.05) is 6.07 Å². The molecule has 1 aliphatic carbocycles. The molecule has 1 fully saturated rings. The molecule has 4 nitrogen and oxygen atoms in total. The molecule has 19 heavy (non-hydrogen) atoms. The Morgan fingerprint density at radius 2 is 1.74 bits per heavy atom. The van der Waals surface area contributed by atoms with Crippen LogP contribution in [0.3, 0.4) is 0 Å². The van der Waals surface area contributed by atoms with Gasteiger partial charge in [-0.15, -0.1) is 0 Å². The van der Waals surface area contributed by atoms with Crippen LogP contribution in [0.1, 0.15) is 42.5 Å². The molecule has 5 heteroatoms. The van der Waals surface area contributed by atoms with Crippen molar-refractivity contribution in [1.29, 1.82) is 0 Å². The third-order valence-electron chi connectivity index (χ3n) is 3.39. The van der Waals surface area contributed by atoms with E-state index in [1.54, 1.807) is 18.2 Å². The minimum absolute atomic E-state index is 0.0354. The molecule has 2 rings (SSSR count). The molecule has 0 spiro atoms. The standard InChI is InChI=1S/C14H17BrN2O2/c15-12-9-5-4-8-11(12)14(19)17-16-13(18)10-6-2-1-3-7-10/h4-5,8-10H,1-3,6-7H2,(H,16,18)(H,17,19). The molecule has 0 aromatic heterocycles. The van der Waals surface area contributed by atoms with Gasteiger partial charge in [-0.2, -0.15) is 0 Å². The number of hydrogen-bond donors (Lipinski definition) is 2. The van der Waals surface area contributed by atoms with E-state index in [0.717, 1.165) is 25.7 Å². The van der Waals surface area contributed by atoms with Gasteiger partial charge >= 0.3 is 0 Å². The van der Waals surface area contributed by atoms with Crippen LogP contribution in [0.2, 0.25) is 0 Å². The quantitative estimate of drug-likeness (QED) is 0.822. The van der Waals surface area contributed by atoms with E-state index < -0.39 is 0 Å². The first-order valence-corrected chi connectivity index (χ1v) is 7.32. The van der Waals surface area contributed by atoms with Gasteiger partial charge in [0.25, 0.3) is 5.91 Å². The summed E-state index contributed by atoms with van der Waals surface area (Å²) >= 11 is 3.31. The van der Waals surface area contributed by atoms with Crippen LogP contribution in [0.4, 0.5) is 0 Å². The Morgan fingerprint density at radius 1 is 1.05 bits per heavy atom. The van der Waals surface area contributed by atoms with Gasteiger partial charge < -0.3 is 0 Å². The summed E-state index contributed by atoms with van der Waals surface area (Å²) in [7, 11) is 0. The summed E-state index contributed by atoms with van der Waals surface area (Å²) in [4.78, 5) is 23.8. The van der Waals surface area contributed by atoms with Gasteiger partial charge in [0.15, 0.2) is 0 Å². The highest BCUT2D eigenvalue weighted by atomic mass is 79.9. The van der Waals surface area contributed by atoms with Gasteiger partial charge in [-0.3, -0.25) is 20.4 Å². The van der Waals surface area contributed by atoms with E-state index in [4.69, 9.17) is 0 Å². The average molecular weight is 325 g/mol. The lowest BCUT2D eigenvalue weighted by atomic mass is 9.89. The maximum atomic E-state index is 11.9. The van der Waals surface area contributed by atoms with E-state index in [9.17, 15) is 9.59 Å². The molecule has 0 unspecified atom stereocenters. The first-order valence-electron chi connectivity index (χ1n) is 6.53. The van der Waals surface area contributed by atoms with Crippen LogP contribution >= 0.6 is 15.9 Å². The normalized spacial score (nSPS) is 15.8. The van der Waals surface area contributed by atoms with Gasteiger partial charge in [0.05, 0.1) is 5.56 Å². The van der Waals surface area contributed by atoms with Crippen molar-refractivity contribution < 1.29 is 9.59 Å². The second kappa shape index (κ2) is 6.70. The largest absolute Gasteiger partial charge is 0.273 e. The van der Waals surface area contributed by atoms with Crippen LogP contribution in [0, 0.1) is 5.92 Å². The maximum absolute atomic E-state index is 11.9. The van der Waals surface area contributed by atoms with Gasteiger partial charge in [0, 0.05) is 10.4 Å². The number of rotatable bonds is 2. The summed E-state index contributed by atoms with van der Waals surface area (Å²) in [5.41, 5.74) is 5.49. The van der Waals surface area contributed by atoms with Crippen molar-refractivity contribution >= 4 is 27.7 Å². The molecular formula is C14H17BrN2O2. The minimum Gasteiger partial charge on any atom is -0.273 e. The van der Waals surface area contributed by atoms with Crippen molar-refractivity contribution in [2.24, 2.45) is 5.92 Å². The second-order valence-corrected chi connectivity index (χ2v) is 5.61. The summed E-state index contributed by atoms with van der Waals surface area (Å²) in [5.74, 6) is -0.356. The zero-order valence-electron chi connectivity index (χ0n) is 10.6. The molecule has 2 N–H and O–H groups in total. The molecule has 0 saturated heterocycles. The number of benzene rings is 1. The smallest absolute Gasteiger partial charge is 0.270 e. The van der Waals surface area contributed by atoms with Crippen LogP contribution in [0.25, 0.3) is 0 Å². The zero-order valence-corrected chi connectivity index (χ0v) is 12.2. The summed E-state index contributed by atoms with van der Waals surface area (Å²) in [6.07, 6.45) is 5.22. The Morgan fingerprint density at radius 3 is 2.42 bits per heavy atom. The maximum Gasteiger partial charge on any atom is 0.270 e. The molecule has 0 bridgehead atoms. The van der Waals surface area contributed by atoms with Gasteiger partial charge in [-0.05, 0) is 40.9 Å². The fourth-order valence-corrected chi connectivity index (χ4v) is 2.76. The van der Waals surface area contributed by atoms with Gasteiger partial charge in [0.2, 0.25) is 5.91 Å². The van der Waals surface area contributed by atoms with Crippen molar-refractivity contribution in [3.63, 3.8) is 0 Å². The molecule has 2 amide bonds. The van der Waals surface area contributed by atoms with Crippen molar-refractivity contribution in [1.82, 2.24) is 10.9 Å². The molecule has 0 aliphatic heterocycles. The molecule has 1 aliphatic rings. The topological polar surface area (TPSA) is 58.2 Å². The predicted molar refractivity (Wildman–Crippen MR) is 76.3 cm³/mol. The molecule has 102 valence electrons. The second-order valence-electron chi connectivity index (χ2n) is 4.76. The third kappa shape index (κ3) is 3.80. The monoisotopic (exact) mass is 324 g/mol. The van der Waals surface area contributed by atoms with Gasteiger partial charge in [-0.1, -0.05) is 31.4 Å². The number of hydrazine groups is 1. The van der Waals surface area contributed by atoms with Gasteiger partial charge in [0.1, 0.15) is 0 Å². The lowest BCUT2D eigenvalue weighted by Crippen LogP contribution is -2.45. The fourth-order valence-electron chi connectivity index (χ4n) is 2.30. The first-order chi connectivity index (χ1) is 9.18. The number of amides is 2. The Hall–Kier alpha value is -1.36. The van der Waals surface area contributed by atoms with E-state index in [2.05, 4.69) is 26.8 Å². The average Bonchev–Trinajstić information content (AvgIpc) is 2.46.